The molecule has 0 spiro atoms. The van der Waals surface area contributed by atoms with Gasteiger partial charge in [0, 0.05) is 17.1 Å². The van der Waals surface area contributed by atoms with Gasteiger partial charge in [0.1, 0.15) is 5.75 Å². The van der Waals surface area contributed by atoms with Crippen LogP contribution in [0.5, 0.6) is 5.75 Å². The van der Waals surface area contributed by atoms with Crippen molar-refractivity contribution in [2.45, 2.75) is 13.1 Å². The number of pyridine rings is 1. The number of nitrogens with zero attached hydrogens (tertiary/aromatic N) is 3. The molecule has 2 aromatic heterocycles. The van der Waals surface area contributed by atoms with Crippen molar-refractivity contribution in [2.75, 3.05) is 12.4 Å². The molecule has 5 aromatic rings. The van der Waals surface area contributed by atoms with Crippen LogP contribution in [0, 0.1) is 0 Å². The lowest BCUT2D eigenvalue weighted by molar-refractivity contribution is -0.657. The number of methoxy groups -OCH3 is 1. The molecule has 0 radical (unpaired) electrons. The Morgan fingerprint density at radius 2 is 1.76 bits per heavy atom. The topological polar surface area (TPSA) is 77.1 Å². The van der Waals surface area contributed by atoms with Crippen LogP contribution in [-0.4, -0.2) is 28.4 Å². The van der Waals surface area contributed by atoms with Crippen molar-refractivity contribution in [1.29, 1.82) is 0 Å². The highest BCUT2D eigenvalue weighted by Crippen LogP contribution is 2.21. The molecule has 5 rings (SSSR count). The summed E-state index contributed by atoms with van der Waals surface area (Å²) in [7, 11) is 1.59. The largest absolute Gasteiger partial charge is 0.497 e. The number of benzene rings is 3. The first-order valence-electron chi connectivity index (χ1n) is 10.9. The van der Waals surface area contributed by atoms with Crippen molar-refractivity contribution >= 4 is 39.3 Å². The fourth-order valence-electron chi connectivity index (χ4n) is 4.07. The third-order valence-corrected chi connectivity index (χ3v) is 5.73. The summed E-state index contributed by atoms with van der Waals surface area (Å²) in [6, 6.07) is 24.3. The lowest BCUT2D eigenvalue weighted by Gasteiger charge is -2.07. The number of hydrogen-bond acceptors (Lipinski definition) is 4. The van der Waals surface area contributed by atoms with Gasteiger partial charge in [-0.3, -0.25) is 14.6 Å². The number of ketones is 1. The van der Waals surface area contributed by atoms with E-state index in [-0.39, 0.29) is 24.8 Å². The fraction of sp³-hybridized carbons (Fsp3) is 0.111. The highest BCUT2D eigenvalue weighted by Gasteiger charge is 2.20. The van der Waals surface area contributed by atoms with Crippen molar-refractivity contribution in [3.05, 3.63) is 97.0 Å². The van der Waals surface area contributed by atoms with Crippen molar-refractivity contribution in [2.24, 2.45) is 0 Å². The number of amides is 1. The Bertz CT molecular complexity index is 1500. The van der Waals surface area contributed by atoms with Crippen LogP contribution in [0.15, 0.2) is 91.4 Å². The highest BCUT2D eigenvalue weighted by atomic mass is 16.5. The Kier molecular flexibility index (Phi) is 5.74. The predicted octanol–water partition coefficient (Wildman–Crippen LogP) is 4.01. The third kappa shape index (κ3) is 4.23. The molecule has 1 N–H and O–H groups in total. The van der Waals surface area contributed by atoms with Crippen LogP contribution in [0.25, 0.3) is 21.9 Å². The molecule has 0 saturated carbocycles. The lowest BCUT2D eigenvalue weighted by atomic mass is 10.1. The summed E-state index contributed by atoms with van der Waals surface area (Å²) in [4.78, 5) is 30.2. The SMILES string of the molecule is COc1ccc(C(=O)C[n+]2cn(CC(=O)Nc3cccc4cccnc34)c3ccccc32)cc1. The molecule has 0 unspecified atom stereocenters. The number of fused-ring (bicyclic) bond motifs is 2. The second-order valence-electron chi connectivity index (χ2n) is 7.94. The second-order valence-corrected chi connectivity index (χ2v) is 7.94. The number of aromatic nitrogens is 3. The van der Waals surface area contributed by atoms with E-state index in [1.54, 1.807) is 37.6 Å². The summed E-state index contributed by atoms with van der Waals surface area (Å²) < 4.78 is 8.89. The van der Waals surface area contributed by atoms with Gasteiger partial charge in [-0.25, -0.2) is 9.13 Å². The maximum atomic E-state index is 12.9. The molecule has 34 heavy (non-hydrogen) atoms. The van der Waals surface area contributed by atoms with E-state index < -0.39 is 0 Å². The average molecular weight is 452 g/mol. The molecule has 0 bridgehead atoms. The highest BCUT2D eigenvalue weighted by molar-refractivity contribution is 6.00. The minimum absolute atomic E-state index is 0.0261. The molecule has 7 heteroatoms. The number of para-hydroxylation sites is 3. The molecule has 7 nitrogen and oxygen atoms in total. The first-order chi connectivity index (χ1) is 16.6. The Balaban J connectivity index is 1.38. The molecule has 2 heterocycles. The number of Topliss-reactive ketones (excluding diaryl/α,β-unsaturated/α-hetero) is 1. The van der Waals surface area contributed by atoms with E-state index in [2.05, 4.69) is 10.3 Å². The van der Waals surface area contributed by atoms with Crippen LogP contribution in [-0.2, 0) is 17.9 Å². The van der Waals surface area contributed by atoms with Gasteiger partial charge in [0.25, 0.3) is 5.91 Å². The van der Waals surface area contributed by atoms with Crippen LogP contribution in [0.2, 0.25) is 0 Å². The van der Waals surface area contributed by atoms with Gasteiger partial charge in [-0.05, 0) is 48.5 Å². The Morgan fingerprint density at radius 3 is 2.59 bits per heavy atom. The van der Waals surface area contributed by atoms with Gasteiger partial charge in [0.2, 0.25) is 12.1 Å². The molecule has 0 aliphatic heterocycles. The van der Waals surface area contributed by atoms with Gasteiger partial charge in [-0.15, -0.1) is 0 Å². The van der Waals surface area contributed by atoms with Crippen LogP contribution in [0.3, 0.4) is 0 Å². The molecule has 0 aliphatic rings. The van der Waals surface area contributed by atoms with E-state index in [0.29, 0.717) is 17.0 Å². The number of ether oxygens (including phenoxy) is 1. The molecule has 168 valence electrons. The maximum absolute atomic E-state index is 12.9. The summed E-state index contributed by atoms with van der Waals surface area (Å²) in [5.41, 5.74) is 3.77. The number of nitrogens with one attached hydrogen (secondary N) is 1. The number of carbonyl (C=O) groups excluding carboxylic acids is 2. The zero-order valence-corrected chi connectivity index (χ0v) is 18.6. The van der Waals surface area contributed by atoms with Gasteiger partial charge in [0.05, 0.1) is 18.3 Å². The van der Waals surface area contributed by atoms with Gasteiger partial charge in [-0.2, -0.15) is 0 Å². The normalized spacial score (nSPS) is 11.0. The standard InChI is InChI=1S/C27H22N4O3/c1-34-21-13-11-19(12-14-21)25(32)16-30-18-31(24-10-3-2-9-23(24)30)17-26(33)29-22-8-4-6-20-7-5-15-28-27(20)22/h2-15,18H,16-17H2,1H3/p+1. The molecule has 0 aliphatic carbocycles. The summed E-state index contributed by atoms with van der Waals surface area (Å²) in [6.07, 6.45) is 3.52. The Morgan fingerprint density at radius 1 is 0.971 bits per heavy atom. The van der Waals surface area contributed by atoms with E-state index in [9.17, 15) is 9.59 Å². The zero-order valence-electron chi connectivity index (χ0n) is 18.6. The average Bonchev–Trinajstić information content (AvgIpc) is 3.21. The summed E-state index contributed by atoms with van der Waals surface area (Å²) in [6.45, 7) is 0.266. The molecule has 0 fully saturated rings. The lowest BCUT2D eigenvalue weighted by Crippen LogP contribution is -2.37. The number of imidazole rings is 1. The molecular formula is C27H23N4O3+. The molecule has 0 saturated heterocycles. The van der Waals surface area contributed by atoms with Crippen LogP contribution in [0.1, 0.15) is 10.4 Å². The second kappa shape index (κ2) is 9.15. The van der Waals surface area contributed by atoms with E-state index >= 15 is 0 Å². The Labute approximate surface area is 196 Å². The molecule has 1 amide bonds. The van der Waals surface area contributed by atoms with E-state index in [4.69, 9.17) is 4.74 Å². The van der Waals surface area contributed by atoms with Gasteiger partial charge in [0.15, 0.2) is 24.1 Å². The van der Waals surface area contributed by atoms with E-state index in [1.807, 2.05) is 70.1 Å². The van der Waals surface area contributed by atoms with Crippen LogP contribution < -0.4 is 14.6 Å². The minimum atomic E-state index is -0.174. The molecule has 0 atom stereocenters. The van der Waals surface area contributed by atoms with E-state index in [0.717, 1.165) is 21.9 Å². The van der Waals surface area contributed by atoms with Crippen molar-refractivity contribution < 1.29 is 18.9 Å². The maximum Gasteiger partial charge on any atom is 0.266 e. The van der Waals surface area contributed by atoms with Gasteiger partial charge >= 0.3 is 0 Å². The number of carbonyl (C=O) groups is 2. The molecular weight excluding hydrogens is 428 g/mol. The third-order valence-electron chi connectivity index (χ3n) is 5.73. The van der Waals surface area contributed by atoms with Gasteiger partial charge < -0.3 is 10.1 Å². The zero-order chi connectivity index (χ0) is 23.5. The summed E-state index contributed by atoms with van der Waals surface area (Å²) in [5, 5.41) is 3.93. The minimum Gasteiger partial charge on any atom is -0.497 e. The van der Waals surface area contributed by atoms with Crippen molar-refractivity contribution in [3.63, 3.8) is 0 Å². The number of anilines is 1. The van der Waals surface area contributed by atoms with Crippen LogP contribution >= 0.6 is 0 Å². The quantitative estimate of drug-likeness (QED) is 0.300. The fourth-order valence-corrected chi connectivity index (χ4v) is 4.07. The summed E-state index contributed by atoms with van der Waals surface area (Å²) in [5.74, 6) is 0.502. The monoisotopic (exact) mass is 451 g/mol. The smallest absolute Gasteiger partial charge is 0.266 e. The van der Waals surface area contributed by atoms with Crippen molar-refractivity contribution in [3.8, 4) is 5.75 Å². The van der Waals surface area contributed by atoms with E-state index in [1.165, 1.54) is 0 Å². The predicted molar refractivity (Wildman–Crippen MR) is 130 cm³/mol. The first-order valence-corrected chi connectivity index (χ1v) is 10.9. The first kappa shape index (κ1) is 21.3. The van der Waals surface area contributed by atoms with Crippen LogP contribution in [0.4, 0.5) is 5.69 Å². The van der Waals surface area contributed by atoms with Crippen molar-refractivity contribution in [1.82, 2.24) is 9.55 Å². The summed E-state index contributed by atoms with van der Waals surface area (Å²) >= 11 is 0. The number of hydrogen-bond donors (Lipinski definition) is 1. The Hall–Kier alpha value is -4.52. The number of rotatable bonds is 7. The molecule has 3 aromatic carbocycles. The van der Waals surface area contributed by atoms with Gasteiger partial charge in [-0.1, -0.05) is 30.3 Å².